The van der Waals surface area contributed by atoms with Gasteiger partial charge in [0.05, 0.1) is 23.7 Å². The molecule has 3 aromatic carbocycles. The van der Waals surface area contributed by atoms with Crippen LogP contribution in [-0.4, -0.2) is 16.7 Å². The summed E-state index contributed by atoms with van der Waals surface area (Å²) in [4.78, 5) is 18.1. The molecule has 2 heterocycles. The van der Waals surface area contributed by atoms with Crippen molar-refractivity contribution >= 4 is 22.4 Å². The third-order valence-corrected chi connectivity index (χ3v) is 5.69. The molecule has 0 atom stereocenters. The summed E-state index contributed by atoms with van der Waals surface area (Å²) >= 11 is 0. The van der Waals surface area contributed by atoms with Crippen molar-refractivity contribution in [2.45, 2.75) is 13.5 Å². The SMILES string of the molecule is COc1ccc(OCc2nc(C)cc3c2c(=O)cc(Nc2ccccc2)n3-c2ccccc2)cc1. The van der Waals surface area contributed by atoms with Crippen LogP contribution in [0.1, 0.15) is 11.4 Å². The second-order valence-electron chi connectivity index (χ2n) is 8.12. The third-order valence-electron chi connectivity index (χ3n) is 5.69. The molecule has 0 saturated carbocycles. The van der Waals surface area contributed by atoms with E-state index in [1.165, 1.54) is 0 Å². The highest BCUT2D eigenvalue weighted by Gasteiger charge is 2.17. The number of rotatable bonds is 7. The van der Waals surface area contributed by atoms with E-state index in [1.54, 1.807) is 13.2 Å². The molecule has 0 aliphatic heterocycles. The van der Waals surface area contributed by atoms with E-state index in [2.05, 4.69) is 14.9 Å². The van der Waals surface area contributed by atoms with E-state index in [-0.39, 0.29) is 12.0 Å². The number of aromatic nitrogens is 2. The second-order valence-corrected chi connectivity index (χ2v) is 8.12. The molecule has 6 heteroatoms. The molecule has 0 radical (unpaired) electrons. The summed E-state index contributed by atoms with van der Waals surface area (Å²) < 4.78 is 13.3. The summed E-state index contributed by atoms with van der Waals surface area (Å²) in [6.07, 6.45) is 0. The van der Waals surface area contributed by atoms with E-state index in [4.69, 9.17) is 9.47 Å². The van der Waals surface area contributed by atoms with Gasteiger partial charge in [-0.05, 0) is 61.5 Å². The van der Waals surface area contributed by atoms with E-state index in [9.17, 15) is 4.79 Å². The van der Waals surface area contributed by atoms with Crippen molar-refractivity contribution in [3.8, 4) is 17.2 Å². The van der Waals surface area contributed by atoms with Crippen LogP contribution in [0.2, 0.25) is 0 Å². The molecule has 35 heavy (non-hydrogen) atoms. The predicted molar refractivity (Wildman–Crippen MR) is 139 cm³/mol. The van der Waals surface area contributed by atoms with Crippen molar-refractivity contribution in [1.82, 2.24) is 9.55 Å². The number of anilines is 2. The third kappa shape index (κ3) is 4.73. The normalized spacial score (nSPS) is 10.8. The van der Waals surface area contributed by atoms with E-state index < -0.39 is 0 Å². The van der Waals surface area contributed by atoms with Gasteiger partial charge in [0.1, 0.15) is 23.9 Å². The van der Waals surface area contributed by atoms with Gasteiger partial charge in [-0.15, -0.1) is 0 Å². The van der Waals surface area contributed by atoms with Crippen LogP contribution >= 0.6 is 0 Å². The number of pyridine rings is 2. The minimum atomic E-state index is -0.119. The standard InChI is InChI=1S/C29H25N3O3/c1-20-17-26-29(25(30-20)19-35-24-15-13-23(34-2)14-16-24)27(33)18-28(31-21-9-5-3-6-10-21)32(26)22-11-7-4-8-12-22/h3-18,31H,19H2,1-2H3. The van der Waals surface area contributed by atoms with Crippen molar-refractivity contribution in [2.24, 2.45) is 0 Å². The van der Waals surface area contributed by atoms with Crippen LogP contribution < -0.4 is 20.2 Å². The van der Waals surface area contributed by atoms with E-state index >= 15 is 0 Å². The Labute approximate surface area is 203 Å². The first-order chi connectivity index (χ1) is 17.1. The van der Waals surface area contributed by atoms with Crippen LogP contribution in [0, 0.1) is 6.92 Å². The molecule has 0 bridgehead atoms. The molecule has 0 aliphatic carbocycles. The highest BCUT2D eigenvalue weighted by Crippen LogP contribution is 2.27. The Kier molecular flexibility index (Phi) is 6.18. The summed E-state index contributed by atoms with van der Waals surface area (Å²) in [5.41, 5.74) is 3.87. The maximum Gasteiger partial charge on any atom is 0.193 e. The van der Waals surface area contributed by atoms with Gasteiger partial charge in [0.2, 0.25) is 0 Å². The lowest BCUT2D eigenvalue weighted by atomic mass is 10.1. The Morgan fingerprint density at radius 3 is 2.20 bits per heavy atom. The number of hydrogen-bond donors (Lipinski definition) is 1. The first-order valence-corrected chi connectivity index (χ1v) is 11.3. The van der Waals surface area contributed by atoms with Crippen LogP contribution in [0.15, 0.2) is 102 Å². The number of hydrogen-bond acceptors (Lipinski definition) is 5. The number of nitrogens with one attached hydrogen (secondary N) is 1. The number of ether oxygens (including phenoxy) is 2. The largest absolute Gasteiger partial charge is 0.497 e. The molecule has 0 saturated heterocycles. The Morgan fingerprint density at radius 2 is 1.51 bits per heavy atom. The smallest absolute Gasteiger partial charge is 0.193 e. The fraction of sp³-hybridized carbons (Fsp3) is 0.103. The van der Waals surface area contributed by atoms with Crippen molar-refractivity contribution in [1.29, 1.82) is 0 Å². The van der Waals surface area contributed by atoms with E-state index in [1.807, 2.05) is 97.9 Å². The van der Waals surface area contributed by atoms with Crippen molar-refractivity contribution in [3.63, 3.8) is 0 Å². The number of para-hydroxylation sites is 2. The van der Waals surface area contributed by atoms with Gasteiger partial charge in [-0.1, -0.05) is 36.4 Å². The van der Waals surface area contributed by atoms with Crippen LogP contribution in [0.4, 0.5) is 11.5 Å². The van der Waals surface area contributed by atoms with Crippen molar-refractivity contribution < 1.29 is 9.47 Å². The average molecular weight is 464 g/mol. The van der Waals surface area contributed by atoms with Crippen molar-refractivity contribution in [2.75, 3.05) is 12.4 Å². The predicted octanol–water partition coefficient (Wildman–Crippen LogP) is 6.03. The summed E-state index contributed by atoms with van der Waals surface area (Å²) in [6.45, 7) is 2.09. The molecule has 0 unspecified atom stereocenters. The molecule has 0 aliphatic rings. The van der Waals surface area contributed by atoms with Crippen LogP contribution in [0.5, 0.6) is 11.5 Å². The topological polar surface area (TPSA) is 65.4 Å². The Morgan fingerprint density at radius 1 is 0.857 bits per heavy atom. The summed E-state index contributed by atoms with van der Waals surface area (Å²) in [5.74, 6) is 2.10. The molecule has 0 amide bonds. The van der Waals surface area contributed by atoms with Crippen LogP contribution in [0.3, 0.4) is 0 Å². The number of fused-ring (bicyclic) bond motifs is 1. The first kappa shape index (κ1) is 22.2. The zero-order valence-corrected chi connectivity index (χ0v) is 19.6. The minimum Gasteiger partial charge on any atom is -0.497 e. The Balaban J connectivity index is 1.64. The molecule has 174 valence electrons. The monoisotopic (exact) mass is 463 g/mol. The maximum absolute atomic E-state index is 13.4. The summed E-state index contributed by atoms with van der Waals surface area (Å²) in [7, 11) is 1.62. The minimum absolute atomic E-state index is 0.119. The molecule has 0 spiro atoms. The van der Waals surface area contributed by atoms with Gasteiger partial charge >= 0.3 is 0 Å². The highest BCUT2D eigenvalue weighted by molar-refractivity contribution is 5.86. The molecular weight excluding hydrogens is 438 g/mol. The lowest BCUT2D eigenvalue weighted by Crippen LogP contribution is -2.16. The van der Waals surface area contributed by atoms with Crippen LogP contribution in [0.25, 0.3) is 16.6 Å². The van der Waals surface area contributed by atoms with Gasteiger partial charge in [-0.3, -0.25) is 14.3 Å². The zero-order valence-electron chi connectivity index (χ0n) is 19.6. The van der Waals surface area contributed by atoms with E-state index in [0.717, 1.165) is 28.3 Å². The lowest BCUT2D eigenvalue weighted by Gasteiger charge is -2.20. The van der Waals surface area contributed by atoms with Gasteiger partial charge in [0.25, 0.3) is 0 Å². The second kappa shape index (κ2) is 9.73. The average Bonchev–Trinajstić information content (AvgIpc) is 2.88. The highest BCUT2D eigenvalue weighted by atomic mass is 16.5. The van der Waals surface area contributed by atoms with Crippen LogP contribution in [-0.2, 0) is 6.61 Å². The molecule has 5 aromatic rings. The van der Waals surface area contributed by atoms with Crippen molar-refractivity contribution in [3.05, 3.63) is 119 Å². The number of methoxy groups -OCH3 is 1. The molecule has 5 rings (SSSR count). The molecule has 1 N–H and O–H groups in total. The lowest BCUT2D eigenvalue weighted by molar-refractivity contribution is 0.302. The maximum atomic E-state index is 13.4. The van der Waals surface area contributed by atoms with Gasteiger partial charge in [-0.25, -0.2) is 0 Å². The van der Waals surface area contributed by atoms with Gasteiger partial charge < -0.3 is 14.8 Å². The molecule has 2 aromatic heterocycles. The Hall–Kier alpha value is -4.58. The molecular formula is C29H25N3O3. The Bertz CT molecular complexity index is 1510. The van der Waals surface area contributed by atoms with Gasteiger partial charge in [0, 0.05) is 23.1 Å². The van der Waals surface area contributed by atoms with Gasteiger partial charge in [-0.2, -0.15) is 0 Å². The zero-order chi connectivity index (χ0) is 24.2. The fourth-order valence-corrected chi connectivity index (χ4v) is 4.10. The summed E-state index contributed by atoms with van der Waals surface area (Å²) in [6, 6.07) is 30.7. The summed E-state index contributed by atoms with van der Waals surface area (Å²) in [5, 5.41) is 3.94. The molecule has 0 fully saturated rings. The number of nitrogens with zero attached hydrogens (tertiary/aromatic N) is 2. The fourth-order valence-electron chi connectivity index (χ4n) is 4.10. The molecule has 6 nitrogen and oxygen atoms in total. The number of benzene rings is 3. The first-order valence-electron chi connectivity index (χ1n) is 11.3. The van der Waals surface area contributed by atoms with Gasteiger partial charge in [0.15, 0.2) is 5.43 Å². The van der Waals surface area contributed by atoms with E-state index in [0.29, 0.717) is 22.6 Å². The quantitative estimate of drug-likeness (QED) is 0.319. The number of aryl methyl sites for hydroxylation is 1.